The first-order chi connectivity index (χ1) is 9.17. The number of carbonyl (C=O) groups excluding carboxylic acids is 1. The largest absolute Gasteiger partial charge is 0.312 e. The predicted molar refractivity (Wildman–Crippen MR) is 66.4 cm³/mol. The molecule has 1 amide bonds. The SMILES string of the molecule is Cc1c(F)cc(N2CC(CS(=O)(=O)F)CC2=O)cc1F. The lowest BCUT2D eigenvalue weighted by molar-refractivity contribution is -0.117. The maximum atomic E-state index is 13.5. The predicted octanol–water partition coefficient (Wildman–Crippen LogP) is 1.93. The van der Waals surface area contributed by atoms with Gasteiger partial charge in [-0.15, -0.1) is 3.89 Å². The highest BCUT2D eigenvalue weighted by molar-refractivity contribution is 7.86. The van der Waals surface area contributed by atoms with Gasteiger partial charge in [0.15, 0.2) is 0 Å². The Morgan fingerprint density at radius 1 is 1.30 bits per heavy atom. The van der Waals surface area contributed by atoms with Crippen LogP contribution in [0.2, 0.25) is 0 Å². The number of halogens is 3. The Morgan fingerprint density at radius 3 is 2.35 bits per heavy atom. The van der Waals surface area contributed by atoms with Crippen LogP contribution in [0.15, 0.2) is 12.1 Å². The van der Waals surface area contributed by atoms with Gasteiger partial charge in [-0.05, 0) is 19.1 Å². The van der Waals surface area contributed by atoms with Crippen molar-refractivity contribution in [1.29, 1.82) is 0 Å². The van der Waals surface area contributed by atoms with E-state index < -0.39 is 39.4 Å². The summed E-state index contributed by atoms with van der Waals surface area (Å²) in [6, 6.07) is 2.01. The summed E-state index contributed by atoms with van der Waals surface area (Å²) < 4.78 is 60.7. The number of benzene rings is 1. The van der Waals surface area contributed by atoms with Crippen molar-refractivity contribution in [2.75, 3.05) is 17.2 Å². The summed E-state index contributed by atoms with van der Waals surface area (Å²) in [7, 11) is -4.69. The first-order valence-electron chi connectivity index (χ1n) is 5.85. The van der Waals surface area contributed by atoms with Crippen LogP contribution in [0.4, 0.5) is 18.4 Å². The van der Waals surface area contributed by atoms with E-state index in [2.05, 4.69) is 0 Å². The topological polar surface area (TPSA) is 54.5 Å². The van der Waals surface area contributed by atoms with E-state index in [1.165, 1.54) is 6.92 Å². The van der Waals surface area contributed by atoms with Gasteiger partial charge in [-0.1, -0.05) is 0 Å². The highest BCUT2D eigenvalue weighted by Crippen LogP contribution is 2.28. The van der Waals surface area contributed by atoms with Crippen LogP contribution in [0, 0.1) is 24.5 Å². The van der Waals surface area contributed by atoms with Crippen LogP contribution >= 0.6 is 0 Å². The number of hydrogen-bond acceptors (Lipinski definition) is 3. The third-order valence-electron chi connectivity index (χ3n) is 3.22. The molecule has 0 aromatic heterocycles. The van der Waals surface area contributed by atoms with Crippen LogP contribution in [0.5, 0.6) is 0 Å². The molecular formula is C12H12F3NO3S. The molecule has 1 heterocycles. The maximum absolute atomic E-state index is 13.5. The Labute approximate surface area is 114 Å². The van der Waals surface area contributed by atoms with E-state index >= 15 is 0 Å². The molecule has 0 spiro atoms. The maximum Gasteiger partial charge on any atom is 0.302 e. The van der Waals surface area contributed by atoms with E-state index in [4.69, 9.17) is 0 Å². The molecule has 1 atom stereocenters. The van der Waals surface area contributed by atoms with E-state index in [0.717, 1.165) is 17.0 Å². The van der Waals surface area contributed by atoms with Crippen LogP contribution in [-0.4, -0.2) is 26.6 Å². The fourth-order valence-electron chi connectivity index (χ4n) is 2.21. The lowest BCUT2D eigenvalue weighted by Crippen LogP contribution is -2.25. The van der Waals surface area contributed by atoms with E-state index in [1.54, 1.807) is 0 Å². The van der Waals surface area contributed by atoms with Crippen molar-refractivity contribution in [1.82, 2.24) is 0 Å². The molecule has 1 unspecified atom stereocenters. The summed E-state index contributed by atoms with van der Waals surface area (Å²) in [5, 5.41) is 0. The number of hydrogen-bond donors (Lipinski definition) is 0. The molecule has 0 aliphatic carbocycles. The molecule has 4 nitrogen and oxygen atoms in total. The second-order valence-electron chi connectivity index (χ2n) is 4.81. The average molecular weight is 307 g/mol. The second kappa shape index (κ2) is 5.08. The molecular weight excluding hydrogens is 295 g/mol. The molecule has 2 rings (SSSR count). The van der Waals surface area contributed by atoms with Crippen LogP contribution in [0.1, 0.15) is 12.0 Å². The van der Waals surface area contributed by atoms with Gasteiger partial charge in [0.05, 0.1) is 5.75 Å². The molecule has 1 aromatic rings. The molecule has 20 heavy (non-hydrogen) atoms. The third-order valence-corrected chi connectivity index (χ3v) is 4.09. The normalized spacial score (nSPS) is 19.7. The van der Waals surface area contributed by atoms with Gasteiger partial charge in [0.1, 0.15) is 11.6 Å². The van der Waals surface area contributed by atoms with Crippen molar-refractivity contribution in [3.8, 4) is 0 Å². The van der Waals surface area contributed by atoms with Gasteiger partial charge in [0.2, 0.25) is 5.91 Å². The van der Waals surface area contributed by atoms with Gasteiger partial charge in [0, 0.05) is 30.1 Å². The monoisotopic (exact) mass is 307 g/mol. The minimum absolute atomic E-state index is 0.00866. The zero-order chi connectivity index (χ0) is 15.1. The molecule has 110 valence electrons. The Hall–Kier alpha value is -1.57. The summed E-state index contributed by atoms with van der Waals surface area (Å²) in [5.74, 6) is -3.57. The fraction of sp³-hybridized carbons (Fsp3) is 0.417. The molecule has 1 aliphatic rings. The zero-order valence-corrected chi connectivity index (χ0v) is 11.4. The molecule has 0 bridgehead atoms. The summed E-state index contributed by atoms with van der Waals surface area (Å²) in [4.78, 5) is 12.8. The van der Waals surface area contributed by atoms with Gasteiger partial charge in [-0.25, -0.2) is 8.78 Å². The number of amides is 1. The van der Waals surface area contributed by atoms with Crippen LogP contribution in [0.3, 0.4) is 0 Å². The second-order valence-corrected chi connectivity index (χ2v) is 6.23. The lowest BCUT2D eigenvalue weighted by Gasteiger charge is -2.17. The quantitative estimate of drug-likeness (QED) is 0.802. The van der Waals surface area contributed by atoms with Crippen LogP contribution in [-0.2, 0) is 15.0 Å². The van der Waals surface area contributed by atoms with Crippen molar-refractivity contribution in [3.05, 3.63) is 29.3 Å². The van der Waals surface area contributed by atoms with E-state index in [1.807, 2.05) is 0 Å². The van der Waals surface area contributed by atoms with E-state index in [9.17, 15) is 25.9 Å². The number of nitrogens with zero attached hydrogens (tertiary/aromatic N) is 1. The van der Waals surface area contributed by atoms with E-state index in [-0.39, 0.29) is 24.2 Å². The molecule has 1 aromatic carbocycles. The smallest absolute Gasteiger partial charge is 0.302 e. The first kappa shape index (κ1) is 14.8. The molecule has 0 saturated carbocycles. The zero-order valence-electron chi connectivity index (χ0n) is 10.6. The van der Waals surface area contributed by atoms with Crippen molar-refractivity contribution in [2.24, 2.45) is 5.92 Å². The Kier molecular flexibility index (Phi) is 3.77. The van der Waals surface area contributed by atoms with Crippen molar-refractivity contribution in [2.45, 2.75) is 13.3 Å². The molecule has 8 heteroatoms. The summed E-state index contributed by atoms with van der Waals surface area (Å²) in [6.07, 6.45) is -0.166. The third kappa shape index (κ3) is 3.12. The van der Waals surface area contributed by atoms with Crippen molar-refractivity contribution in [3.63, 3.8) is 0 Å². The van der Waals surface area contributed by atoms with Crippen molar-refractivity contribution < 1.29 is 25.9 Å². The first-order valence-corrected chi connectivity index (χ1v) is 7.41. The standard InChI is InChI=1S/C12H12F3NO3S/c1-7-10(13)3-9(4-11(7)14)16-5-8(2-12(16)17)6-20(15,18)19/h3-4,8H,2,5-6H2,1H3. The minimum Gasteiger partial charge on any atom is -0.312 e. The molecule has 0 radical (unpaired) electrons. The number of carbonyl (C=O) groups is 1. The van der Waals surface area contributed by atoms with E-state index in [0.29, 0.717) is 0 Å². The number of anilines is 1. The van der Waals surface area contributed by atoms with Gasteiger partial charge in [-0.3, -0.25) is 4.79 Å². The molecule has 1 fully saturated rings. The fourth-order valence-corrected chi connectivity index (χ4v) is 3.00. The van der Waals surface area contributed by atoms with Gasteiger partial charge in [-0.2, -0.15) is 8.42 Å². The minimum atomic E-state index is -4.69. The van der Waals surface area contributed by atoms with Gasteiger partial charge < -0.3 is 4.90 Å². The number of rotatable bonds is 3. The summed E-state index contributed by atoms with van der Waals surface area (Å²) >= 11 is 0. The summed E-state index contributed by atoms with van der Waals surface area (Å²) in [6.45, 7) is 1.18. The highest BCUT2D eigenvalue weighted by atomic mass is 32.3. The van der Waals surface area contributed by atoms with Crippen LogP contribution < -0.4 is 4.90 Å². The Balaban J connectivity index is 2.24. The average Bonchev–Trinajstić information content (AvgIpc) is 2.63. The van der Waals surface area contributed by atoms with Gasteiger partial charge >= 0.3 is 10.2 Å². The highest BCUT2D eigenvalue weighted by Gasteiger charge is 2.34. The van der Waals surface area contributed by atoms with Crippen molar-refractivity contribution >= 4 is 21.8 Å². The Bertz CT molecular complexity index is 637. The Morgan fingerprint density at radius 2 is 1.85 bits per heavy atom. The molecule has 1 saturated heterocycles. The molecule has 1 aliphatic heterocycles. The lowest BCUT2D eigenvalue weighted by atomic mass is 10.1. The summed E-state index contributed by atoms with van der Waals surface area (Å²) in [5.41, 5.74) is -0.155. The van der Waals surface area contributed by atoms with Crippen LogP contribution in [0.25, 0.3) is 0 Å². The van der Waals surface area contributed by atoms with Gasteiger partial charge in [0.25, 0.3) is 0 Å². The molecule has 0 N–H and O–H groups in total.